The Morgan fingerprint density at radius 2 is 0.842 bits per heavy atom. The molecule has 0 saturated heterocycles. The summed E-state index contributed by atoms with van der Waals surface area (Å²) < 4.78 is 11.7. The third-order valence-corrected chi connectivity index (χ3v) is 11.7. The molecular weight excluding hydrogens is 693 g/mol. The van der Waals surface area contributed by atoms with Crippen LogP contribution in [-0.2, 0) is 0 Å². The summed E-state index contributed by atoms with van der Waals surface area (Å²) in [5.41, 5.74) is 15.8. The van der Waals surface area contributed by atoms with E-state index in [2.05, 4.69) is 215 Å². The predicted molar refractivity (Wildman–Crippen MR) is 239 cm³/mol. The van der Waals surface area contributed by atoms with Crippen molar-refractivity contribution in [1.82, 2.24) is 9.13 Å². The summed E-state index contributed by atoms with van der Waals surface area (Å²) in [5.74, 6) is 0. The molecular formula is C54H34N2O. The lowest BCUT2D eigenvalue weighted by Crippen LogP contribution is -1.96. The summed E-state index contributed by atoms with van der Waals surface area (Å²) in [6, 6.07) is 74.3. The fourth-order valence-corrected chi connectivity index (χ4v) is 9.22. The Morgan fingerprint density at radius 1 is 0.316 bits per heavy atom. The molecule has 9 aromatic carbocycles. The van der Waals surface area contributed by atoms with Gasteiger partial charge in [0.25, 0.3) is 0 Å². The van der Waals surface area contributed by atoms with Gasteiger partial charge in [0.2, 0.25) is 0 Å². The molecule has 0 unspecified atom stereocenters. The highest BCUT2D eigenvalue weighted by Gasteiger charge is 2.22. The summed E-state index contributed by atoms with van der Waals surface area (Å²) in [7, 11) is 0. The van der Waals surface area contributed by atoms with E-state index in [9.17, 15) is 0 Å². The van der Waals surface area contributed by atoms with Crippen LogP contribution in [0.15, 0.2) is 211 Å². The second-order valence-electron chi connectivity index (χ2n) is 14.9. The molecule has 0 aliphatic carbocycles. The number of rotatable bonds is 5. The number of fused-ring (bicyclic) bond motifs is 9. The molecule has 0 aliphatic heterocycles. The standard InChI is InChI=1S/C54H34N2O/c1-3-15-35(16-4-1)39-19-7-8-20-40(39)43-29-32-51(54-53(43)44-23-11-14-26-52(44)57-54)56-48-25-13-10-22-42(48)46-34-37(28-31-50(46)56)36-27-30-49-45(33-36)41-21-9-12-24-47(41)55(49)38-17-5-2-6-18-38/h1-34H. The third-order valence-electron chi connectivity index (χ3n) is 11.7. The number of hydrogen-bond donors (Lipinski definition) is 0. The molecule has 0 saturated carbocycles. The highest BCUT2D eigenvalue weighted by atomic mass is 16.3. The lowest BCUT2D eigenvalue weighted by Gasteiger charge is -2.14. The Hall–Kier alpha value is -7.62. The first-order chi connectivity index (χ1) is 28.3. The van der Waals surface area contributed by atoms with Crippen molar-refractivity contribution in [1.29, 1.82) is 0 Å². The van der Waals surface area contributed by atoms with Gasteiger partial charge in [0, 0.05) is 38.0 Å². The number of hydrogen-bond acceptors (Lipinski definition) is 1. The Morgan fingerprint density at radius 3 is 1.54 bits per heavy atom. The fraction of sp³-hybridized carbons (Fsp3) is 0. The summed E-state index contributed by atoms with van der Waals surface area (Å²) in [6.07, 6.45) is 0. The Kier molecular flexibility index (Phi) is 6.93. The summed E-state index contributed by atoms with van der Waals surface area (Å²) in [5, 5.41) is 7.14. The highest BCUT2D eigenvalue weighted by Crippen LogP contribution is 2.45. The number of furan rings is 1. The van der Waals surface area contributed by atoms with Gasteiger partial charge >= 0.3 is 0 Å². The number of nitrogens with zero attached hydrogens (tertiary/aromatic N) is 2. The van der Waals surface area contributed by atoms with E-state index in [0.717, 1.165) is 49.9 Å². The van der Waals surface area contributed by atoms with E-state index < -0.39 is 0 Å². The first-order valence-electron chi connectivity index (χ1n) is 19.5. The van der Waals surface area contributed by atoms with Crippen LogP contribution in [0.25, 0.3) is 110 Å². The first-order valence-corrected chi connectivity index (χ1v) is 19.5. The molecule has 0 N–H and O–H groups in total. The molecule has 0 amide bonds. The zero-order valence-electron chi connectivity index (χ0n) is 30.9. The topological polar surface area (TPSA) is 23.0 Å². The average molecular weight is 727 g/mol. The van der Waals surface area contributed by atoms with E-state index >= 15 is 0 Å². The smallest absolute Gasteiger partial charge is 0.160 e. The maximum absolute atomic E-state index is 6.89. The van der Waals surface area contributed by atoms with Gasteiger partial charge in [-0.05, 0) is 94.0 Å². The second kappa shape index (κ2) is 12.5. The fourth-order valence-electron chi connectivity index (χ4n) is 9.22. The molecule has 0 bridgehead atoms. The van der Waals surface area contributed by atoms with Crippen LogP contribution in [0.2, 0.25) is 0 Å². The van der Waals surface area contributed by atoms with Crippen LogP contribution in [0.1, 0.15) is 0 Å². The van der Waals surface area contributed by atoms with E-state index in [1.807, 2.05) is 0 Å². The van der Waals surface area contributed by atoms with E-state index in [0.29, 0.717) is 0 Å². The van der Waals surface area contributed by atoms with Gasteiger partial charge in [-0.3, -0.25) is 0 Å². The van der Waals surface area contributed by atoms with Crippen molar-refractivity contribution in [3.63, 3.8) is 0 Å². The lowest BCUT2D eigenvalue weighted by molar-refractivity contribution is 0.666. The van der Waals surface area contributed by atoms with E-state index in [-0.39, 0.29) is 0 Å². The molecule has 3 heterocycles. The summed E-state index contributed by atoms with van der Waals surface area (Å²) >= 11 is 0. The molecule has 3 nitrogen and oxygen atoms in total. The Balaban J connectivity index is 1.07. The van der Waals surface area contributed by atoms with Gasteiger partial charge < -0.3 is 13.6 Å². The van der Waals surface area contributed by atoms with Crippen LogP contribution in [0.3, 0.4) is 0 Å². The summed E-state index contributed by atoms with van der Waals surface area (Å²) in [6.45, 7) is 0. The Bertz CT molecular complexity index is 3510. The largest absolute Gasteiger partial charge is 0.454 e. The van der Waals surface area contributed by atoms with Gasteiger partial charge in [-0.2, -0.15) is 0 Å². The van der Waals surface area contributed by atoms with Gasteiger partial charge in [0.15, 0.2) is 5.58 Å². The SMILES string of the molecule is c1ccc(-c2ccccc2-c2ccc(-n3c4ccccc4c4cc(-c5ccc6c(c5)c5ccccc5n6-c5ccccc5)ccc43)c3oc4ccccc4c23)cc1. The quantitative estimate of drug-likeness (QED) is 0.173. The summed E-state index contributed by atoms with van der Waals surface area (Å²) in [4.78, 5) is 0. The van der Waals surface area contributed by atoms with Crippen LogP contribution in [0, 0.1) is 0 Å². The van der Waals surface area contributed by atoms with E-state index in [1.165, 1.54) is 60.4 Å². The van der Waals surface area contributed by atoms with Crippen molar-refractivity contribution in [3.8, 4) is 44.8 Å². The molecule has 266 valence electrons. The average Bonchev–Trinajstić information content (AvgIpc) is 3.95. The van der Waals surface area contributed by atoms with Gasteiger partial charge in [-0.25, -0.2) is 0 Å². The van der Waals surface area contributed by atoms with Crippen molar-refractivity contribution in [2.75, 3.05) is 0 Å². The second-order valence-corrected chi connectivity index (χ2v) is 14.9. The van der Waals surface area contributed by atoms with Crippen LogP contribution in [0.4, 0.5) is 0 Å². The lowest BCUT2D eigenvalue weighted by atomic mass is 9.91. The normalized spacial score (nSPS) is 11.9. The number of benzene rings is 9. The minimum absolute atomic E-state index is 0.878. The number of para-hydroxylation sites is 4. The first kappa shape index (κ1) is 31.7. The monoisotopic (exact) mass is 726 g/mol. The Labute approximate surface area is 328 Å². The molecule has 0 spiro atoms. The highest BCUT2D eigenvalue weighted by molar-refractivity contribution is 6.18. The van der Waals surface area contributed by atoms with Gasteiger partial charge in [0.05, 0.1) is 27.8 Å². The molecule has 3 heteroatoms. The van der Waals surface area contributed by atoms with Crippen molar-refractivity contribution in [2.45, 2.75) is 0 Å². The molecule has 12 aromatic rings. The minimum Gasteiger partial charge on any atom is -0.454 e. The third kappa shape index (κ3) is 4.79. The number of aromatic nitrogens is 2. The molecule has 0 radical (unpaired) electrons. The van der Waals surface area contributed by atoms with Crippen molar-refractivity contribution in [3.05, 3.63) is 206 Å². The van der Waals surface area contributed by atoms with Crippen molar-refractivity contribution in [2.24, 2.45) is 0 Å². The van der Waals surface area contributed by atoms with Crippen molar-refractivity contribution < 1.29 is 4.42 Å². The van der Waals surface area contributed by atoms with Crippen LogP contribution >= 0.6 is 0 Å². The molecule has 12 rings (SSSR count). The zero-order chi connectivity index (χ0) is 37.5. The van der Waals surface area contributed by atoms with Gasteiger partial charge in [-0.15, -0.1) is 0 Å². The van der Waals surface area contributed by atoms with Crippen LogP contribution in [0.5, 0.6) is 0 Å². The minimum atomic E-state index is 0.878. The van der Waals surface area contributed by atoms with E-state index in [1.54, 1.807) is 0 Å². The maximum atomic E-state index is 6.89. The predicted octanol–water partition coefficient (Wildman–Crippen LogP) is 14.8. The molecule has 0 aliphatic rings. The van der Waals surface area contributed by atoms with E-state index in [4.69, 9.17) is 4.42 Å². The maximum Gasteiger partial charge on any atom is 0.160 e. The molecule has 3 aromatic heterocycles. The van der Waals surface area contributed by atoms with Gasteiger partial charge in [-0.1, -0.05) is 146 Å². The molecule has 0 atom stereocenters. The van der Waals surface area contributed by atoms with Crippen LogP contribution in [-0.4, -0.2) is 9.13 Å². The van der Waals surface area contributed by atoms with Crippen molar-refractivity contribution >= 4 is 65.6 Å². The van der Waals surface area contributed by atoms with Gasteiger partial charge in [0.1, 0.15) is 5.58 Å². The zero-order valence-corrected chi connectivity index (χ0v) is 30.9. The van der Waals surface area contributed by atoms with Crippen LogP contribution < -0.4 is 0 Å². The molecule has 57 heavy (non-hydrogen) atoms. The molecule has 0 fully saturated rings.